The molecule has 0 bridgehead atoms. The molecule has 21 heavy (non-hydrogen) atoms. The summed E-state index contributed by atoms with van der Waals surface area (Å²) < 4.78 is 0. The molecular weight excluding hydrogens is 258 g/mol. The van der Waals surface area contributed by atoms with Crippen molar-refractivity contribution < 1.29 is 0 Å². The first-order valence-corrected chi connectivity index (χ1v) is 8.24. The molecule has 2 N–H and O–H groups in total. The van der Waals surface area contributed by atoms with E-state index in [-0.39, 0.29) is 0 Å². The third kappa shape index (κ3) is 2.35. The van der Waals surface area contributed by atoms with Crippen molar-refractivity contribution >= 4 is 22.4 Å². The quantitative estimate of drug-likeness (QED) is 0.804. The van der Waals surface area contributed by atoms with E-state index in [2.05, 4.69) is 17.0 Å². The van der Waals surface area contributed by atoms with E-state index in [9.17, 15) is 0 Å². The zero-order valence-electron chi connectivity index (χ0n) is 12.5. The van der Waals surface area contributed by atoms with Gasteiger partial charge in [-0.2, -0.15) is 0 Å². The van der Waals surface area contributed by atoms with Gasteiger partial charge in [0.05, 0.1) is 5.52 Å². The van der Waals surface area contributed by atoms with Gasteiger partial charge in [-0.05, 0) is 61.9 Å². The standard InChI is InChI=1S/C18H23N3/c19-15-8-9-16-14(12-15)7-10-18(20-16)21-11-3-5-13-4-1-2-6-17(13)21/h7-10,12-13,17H,1-6,11,19H2/t13-,17-/m1/s1. The van der Waals surface area contributed by atoms with E-state index >= 15 is 0 Å². The minimum Gasteiger partial charge on any atom is -0.399 e. The Hall–Kier alpha value is -1.77. The maximum absolute atomic E-state index is 5.85. The summed E-state index contributed by atoms with van der Waals surface area (Å²) in [5.41, 5.74) is 7.72. The van der Waals surface area contributed by atoms with Gasteiger partial charge >= 0.3 is 0 Å². The number of piperidine rings is 1. The van der Waals surface area contributed by atoms with E-state index < -0.39 is 0 Å². The van der Waals surface area contributed by atoms with E-state index in [1.54, 1.807) is 0 Å². The van der Waals surface area contributed by atoms with Gasteiger partial charge in [0.2, 0.25) is 0 Å². The second kappa shape index (κ2) is 5.21. The Kier molecular flexibility index (Phi) is 3.21. The largest absolute Gasteiger partial charge is 0.399 e. The van der Waals surface area contributed by atoms with Gasteiger partial charge < -0.3 is 10.6 Å². The van der Waals surface area contributed by atoms with Crippen LogP contribution in [0.1, 0.15) is 38.5 Å². The number of benzene rings is 1. The van der Waals surface area contributed by atoms with E-state index in [1.807, 2.05) is 18.2 Å². The molecule has 0 spiro atoms. The summed E-state index contributed by atoms with van der Waals surface area (Å²) in [5.74, 6) is 2.04. The molecule has 1 aromatic heterocycles. The number of fused-ring (bicyclic) bond motifs is 2. The van der Waals surface area contributed by atoms with Crippen LogP contribution in [-0.4, -0.2) is 17.6 Å². The Morgan fingerprint density at radius 2 is 1.86 bits per heavy atom. The predicted octanol–water partition coefficient (Wildman–Crippen LogP) is 3.98. The lowest BCUT2D eigenvalue weighted by atomic mass is 9.78. The van der Waals surface area contributed by atoms with Crippen LogP contribution in [0, 0.1) is 5.92 Å². The van der Waals surface area contributed by atoms with E-state index in [1.165, 1.54) is 38.5 Å². The zero-order valence-corrected chi connectivity index (χ0v) is 12.5. The molecule has 1 saturated carbocycles. The van der Waals surface area contributed by atoms with Crippen LogP contribution in [0.2, 0.25) is 0 Å². The summed E-state index contributed by atoms with van der Waals surface area (Å²) >= 11 is 0. The van der Waals surface area contributed by atoms with Crippen molar-refractivity contribution in [1.82, 2.24) is 4.98 Å². The second-order valence-corrected chi connectivity index (χ2v) is 6.57. The Morgan fingerprint density at radius 1 is 1.00 bits per heavy atom. The van der Waals surface area contributed by atoms with Crippen molar-refractivity contribution in [2.45, 2.75) is 44.6 Å². The number of hydrogen-bond acceptors (Lipinski definition) is 3. The topological polar surface area (TPSA) is 42.1 Å². The molecule has 3 nitrogen and oxygen atoms in total. The van der Waals surface area contributed by atoms with Crippen molar-refractivity contribution in [2.75, 3.05) is 17.2 Å². The molecule has 1 aromatic carbocycles. The lowest BCUT2D eigenvalue weighted by Crippen LogP contribution is -2.47. The van der Waals surface area contributed by atoms with Gasteiger partial charge in [0, 0.05) is 23.7 Å². The number of hydrogen-bond donors (Lipinski definition) is 1. The third-order valence-corrected chi connectivity index (χ3v) is 5.24. The molecule has 1 aliphatic heterocycles. The van der Waals surface area contributed by atoms with Crippen LogP contribution in [0.3, 0.4) is 0 Å². The maximum atomic E-state index is 5.85. The molecule has 1 aliphatic carbocycles. The van der Waals surface area contributed by atoms with Crippen LogP contribution in [0.5, 0.6) is 0 Å². The Labute approximate surface area is 126 Å². The summed E-state index contributed by atoms with van der Waals surface area (Å²) in [4.78, 5) is 7.47. The van der Waals surface area contributed by atoms with Crippen molar-refractivity contribution in [2.24, 2.45) is 5.92 Å². The normalized spacial score (nSPS) is 25.8. The highest BCUT2D eigenvalue weighted by Crippen LogP contribution is 2.37. The molecule has 110 valence electrons. The Bertz CT molecular complexity index is 650. The molecule has 0 radical (unpaired) electrons. The molecule has 0 amide bonds. The van der Waals surface area contributed by atoms with Crippen molar-refractivity contribution in [1.29, 1.82) is 0 Å². The number of nitrogens with two attached hydrogens (primary N) is 1. The fourth-order valence-electron chi connectivity index (χ4n) is 4.20. The average Bonchev–Trinajstić information content (AvgIpc) is 2.54. The molecule has 2 atom stereocenters. The first kappa shape index (κ1) is 12.9. The van der Waals surface area contributed by atoms with Crippen LogP contribution < -0.4 is 10.6 Å². The summed E-state index contributed by atoms with van der Waals surface area (Å²) in [7, 11) is 0. The molecule has 0 unspecified atom stereocenters. The number of pyridine rings is 1. The van der Waals surface area contributed by atoms with Crippen LogP contribution in [-0.2, 0) is 0 Å². The molecule has 1 saturated heterocycles. The molecule has 2 aliphatic rings. The van der Waals surface area contributed by atoms with Crippen LogP contribution in [0.15, 0.2) is 30.3 Å². The number of nitrogens with zero attached hydrogens (tertiary/aromatic N) is 2. The molecule has 3 heteroatoms. The molecule has 2 aromatic rings. The van der Waals surface area contributed by atoms with Crippen molar-refractivity contribution in [3.63, 3.8) is 0 Å². The van der Waals surface area contributed by atoms with Crippen molar-refractivity contribution in [3.05, 3.63) is 30.3 Å². The number of anilines is 2. The van der Waals surface area contributed by atoms with Gasteiger partial charge in [-0.1, -0.05) is 12.8 Å². The lowest BCUT2D eigenvalue weighted by Gasteiger charge is -2.44. The number of rotatable bonds is 1. The minimum atomic E-state index is 0.714. The third-order valence-electron chi connectivity index (χ3n) is 5.24. The van der Waals surface area contributed by atoms with Crippen LogP contribution in [0.4, 0.5) is 11.5 Å². The molecule has 2 heterocycles. The molecule has 4 rings (SSSR count). The first-order valence-electron chi connectivity index (χ1n) is 8.24. The molecule has 2 fully saturated rings. The minimum absolute atomic E-state index is 0.714. The highest BCUT2D eigenvalue weighted by atomic mass is 15.2. The zero-order chi connectivity index (χ0) is 14.2. The average molecular weight is 281 g/mol. The Morgan fingerprint density at radius 3 is 2.81 bits per heavy atom. The fourth-order valence-corrected chi connectivity index (χ4v) is 4.20. The van der Waals surface area contributed by atoms with E-state index in [0.29, 0.717) is 6.04 Å². The summed E-state index contributed by atoms with van der Waals surface area (Å²) in [6.45, 7) is 1.16. The lowest BCUT2D eigenvalue weighted by molar-refractivity contribution is 0.243. The van der Waals surface area contributed by atoms with Gasteiger partial charge in [-0.25, -0.2) is 4.98 Å². The van der Waals surface area contributed by atoms with Gasteiger partial charge in [-0.15, -0.1) is 0 Å². The van der Waals surface area contributed by atoms with Crippen LogP contribution >= 0.6 is 0 Å². The van der Waals surface area contributed by atoms with Gasteiger partial charge in [0.15, 0.2) is 0 Å². The molecular formula is C18H23N3. The number of aromatic nitrogens is 1. The van der Waals surface area contributed by atoms with Gasteiger partial charge in [0.25, 0.3) is 0 Å². The van der Waals surface area contributed by atoms with E-state index in [4.69, 9.17) is 10.7 Å². The number of nitrogen functional groups attached to an aromatic ring is 1. The Balaban J connectivity index is 1.69. The summed E-state index contributed by atoms with van der Waals surface area (Å²) in [6, 6.07) is 11.0. The van der Waals surface area contributed by atoms with Gasteiger partial charge in [0.1, 0.15) is 5.82 Å². The summed E-state index contributed by atoms with van der Waals surface area (Å²) in [5, 5.41) is 1.14. The highest BCUT2D eigenvalue weighted by Gasteiger charge is 2.33. The first-order chi connectivity index (χ1) is 10.3. The maximum Gasteiger partial charge on any atom is 0.129 e. The monoisotopic (exact) mass is 281 g/mol. The fraction of sp³-hybridized carbons (Fsp3) is 0.500. The summed E-state index contributed by atoms with van der Waals surface area (Å²) in [6.07, 6.45) is 8.26. The van der Waals surface area contributed by atoms with Crippen LogP contribution in [0.25, 0.3) is 10.9 Å². The van der Waals surface area contributed by atoms with E-state index in [0.717, 1.165) is 34.9 Å². The van der Waals surface area contributed by atoms with Crippen molar-refractivity contribution in [3.8, 4) is 0 Å². The van der Waals surface area contributed by atoms with Gasteiger partial charge in [-0.3, -0.25) is 0 Å². The predicted molar refractivity (Wildman–Crippen MR) is 88.5 cm³/mol. The SMILES string of the molecule is Nc1ccc2nc(N3CCC[C@H]4CCCC[C@H]43)ccc2c1. The smallest absolute Gasteiger partial charge is 0.129 e. The highest BCUT2D eigenvalue weighted by molar-refractivity contribution is 5.83. The second-order valence-electron chi connectivity index (χ2n) is 6.57.